The number of hydrogen-bond acceptors (Lipinski definition) is 2. The number of amides is 1. The van der Waals surface area contributed by atoms with E-state index in [1.54, 1.807) is 25.1 Å². The third-order valence-corrected chi connectivity index (χ3v) is 3.75. The predicted octanol–water partition coefficient (Wildman–Crippen LogP) is 5.02. The lowest BCUT2D eigenvalue weighted by Crippen LogP contribution is -2.30. The van der Waals surface area contributed by atoms with Gasteiger partial charge in [-0.2, -0.15) is 0 Å². The molecule has 0 unspecified atom stereocenters. The van der Waals surface area contributed by atoms with Crippen molar-refractivity contribution in [3.8, 4) is 5.75 Å². The molecule has 3 nitrogen and oxygen atoms in total. The van der Waals surface area contributed by atoms with Gasteiger partial charge in [0.15, 0.2) is 6.10 Å². The molecule has 0 aliphatic heterocycles. The van der Waals surface area contributed by atoms with Crippen LogP contribution in [-0.4, -0.2) is 12.0 Å². The third-order valence-electron chi connectivity index (χ3n) is 3.19. The van der Waals surface area contributed by atoms with E-state index < -0.39 is 6.10 Å². The van der Waals surface area contributed by atoms with Crippen LogP contribution in [0.2, 0.25) is 10.0 Å². The van der Waals surface area contributed by atoms with E-state index in [-0.39, 0.29) is 5.91 Å². The molecular weight excluding hydrogens is 321 g/mol. The molecule has 0 aliphatic carbocycles. The van der Waals surface area contributed by atoms with Gasteiger partial charge in [-0.3, -0.25) is 4.79 Å². The Morgan fingerprint density at radius 3 is 2.55 bits per heavy atom. The topological polar surface area (TPSA) is 38.3 Å². The Bertz CT molecular complexity index is 701. The van der Waals surface area contributed by atoms with Crippen molar-refractivity contribution in [1.29, 1.82) is 0 Å². The van der Waals surface area contributed by atoms with Crippen molar-refractivity contribution >= 4 is 34.8 Å². The van der Waals surface area contributed by atoms with Crippen molar-refractivity contribution in [1.82, 2.24) is 0 Å². The smallest absolute Gasteiger partial charge is 0.265 e. The van der Waals surface area contributed by atoms with E-state index in [9.17, 15) is 4.79 Å². The van der Waals surface area contributed by atoms with Gasteiger partial charge in [0, 0.05) is 5.02 Å². The number of halogens is 2. The summed E-state index contributed by atoms with van der Waals surface area (Å²) in [6, 6.07) is 10.7. The molecule has 1 amide bonds. The lowest BCUT2D eigenvalue weighted by Gasteiger charge is -2.17. The number of nitrogens with one attached hydrogen (secondary N) is 1. The monoisotopic (exact) mass is 337 g/mol. The highest BCUT2D eigenvalue weighted by atomic mass is 35.5. The molecule has 5 heteroatoms. The lowest BCUT2D eigenvalue weighted by atomic mass is 10.1. The van der Waals surface area contributed by atoms with Crippen LogP contribution in [0.5, 0.6) is 5.75 Å². The molecule has 0 aromatic heterocycles. The molecule has 116 valence electrons. The molecule has 2 aromatic rings. The quantitative estimate of drug-likeness (QED) is 0.850. The first-order valence-corrected chi connectivity index (χ1v) is 7.62. The minimum absolute atomic E-state index is 0.288. The van der Waals surface area contributed by atoms with Crippen LogP contribution in [0.15, 0.2) is 36.4 Å². The third kappa shape index (κ3) is 4.15. The zero-order valence-corrected chi connectivity index (χ0v) is 14.1. The van der Waals surface area contributed by atoms with Crippen molar-refractivity contribution in [3.05, 3.63) is 57.6 Å². The van der Waals surface area contributed by atoms with E-state index in [1.807, 2.05) is 32.0 Å². The highest BCUT2D eigenvalue weighted by molar-refractivity contribution is 6.35. The van der Waals surface area contributed by atoms with Gasteiger partial charge in [0.1, 0.15) is 5.75 Å². The number of aryl methyl sites for hydroxylation is 2. The molecule has 2 aromatic carbocycles. The van der Waals surface area contributed by atoms with Crippen LogP contribution in [0.3, 0.4) is 0 Å². The number of benzene rings is 2. The summed E-state index contributed by atoms with van der Waals surface area (Å²) in [5.41, 5.74) is 2.60. The average molecular weight is 338 g/mol. The second kappa shape index (κ2) is 7.03. The fourth-order valence-corrected chi connectivity index (χ4v) is 2.34. The van der Waals surface area contributed by atoms with Gasteiger partial charge in [-0.15, -0.1) is 0 Å². The molecule has 0 aliphatic rings. The minimum Gasteiger partial charge on any atom is -0.481 e. The van der Waals surface area contributed by atoms with Gasteiger partial charge in [-0.05, 0) is 50.6 Å². The molecule has 1 atom stereocenters. The molecule has 0 heterocycles. The zero-order chi connectivity index (χ0) is 16.3. The standard InChI is InChI=1S/C17H17Cl2NO2/c1-10-4-7-16(11(2)8-10)22-12(3)17(21)20-15-9-13(18)5-6-14(15)19/h4-9,12H,1-3H3,(H,20,21)/t12-/m1/s1. The first-order valence-electron chi connectivity index (χ1n) is 6.86. The molecule has 2 rings (SSSR count). The van der Waals surface area contributed by atoms with E-state index in [1.165, 1.54) is 0 Å². The summed E-state index contributed by atoms with van der Waals surface area (Å²) >= 11 is 11.9. The average Bonchev–Trinajstić information content (AvgIpc) is 2.45. The van der Waals surface area contributed by atoms with E-state index in [0.717, 1.165) is 11.1 Å². The van der Waals surface area contributed by atoms with Crippen molar-refractivity contribution in [2.24, 2.45) is 0 Å². The first kappa shape index (κ1) is 16.7. The zero-order valence-electron chi connectivity index (χ0n) is 12.6. The fourth-order valence-electron chi connectivity index (χ4n) is 2.00. The number of hydrogen-bond donors (Lipinski definition) is 1. The Balaban J connectivity index is 2.07. The van der Waals surface area contributed by atoms with Crippen molar-refractivity contribution < 1.29 is 9.53 Å². The van der Waals surface area contributed by atoms with Crippen LogP contribution in [0.1, 0.15) is 18.1 Å². The molecule has 0 saturated carbocycles. The molecule has 1 N–H and O–H groups in total. The summed E-state index contributed by atoms with van der Waals surface area (Å²) in [7, 11) is 0. The first-order chi connectivity index (χ1) is 10.4. The normalized spacial score (nSPS) is 11.9. The summed E-state index contributed by atoms with van der Waals surface area (Å²) < 4.78 is 5.72. The molecular formula is C17H17Cl2NO2. The summed E-state index contributed by atoms with van der Waals surface area (Å²) in [5, 5.41) is 3.65. The maximum atomic E-state index is 12.2. The Labute approximate surface area is 140 Å². The summed E-state index contributed by atoms with van der Waals surface area (Å²) in [5.74, 6) is 0.398. The van der Waals surface area contributed by atoms with Gasteiger partial charge in [0.25, 0.3) is 5.91 Å². The minimum atomic E-state index is -0.656. The molecule has 22 heavy (non-hydrogen) atoms. The Kier molecular flexibility index (Phi) is 5.33. The van der Waals surface area contributed by atoms with Crippen molar-refractivity contribution in [2.75, 3.05) is 5.32 Å². The van der Waals surface area contributed by atoms with Crippen LogP contribution < -0.4 is 10.1 Å². The Morgan fingerprint density at radius 2 is 1.86 bits per heavy atom. The number of carbonyl (C=O) groups excluding carboxylic acids is 1. The van der Waals surface area contributed by atoms with Crippen LogP contribution in [0, 0.1) is 13.8 Å². The molecule has 0 saturated heterocycles. The second-order valence-corrected chi connectivity index (χ2v) is 5.99. The van der Waals surface area contributed by atoms with E-state index in [2.05, 4.69) is 5.32 Å². The predicted molar refractivity (Wildman–Crippen MR) is 91.1 cm³/mol. The van der Waals surface area contributed by atoms with E-state index >= 15 is 0 Å². The molecule has 0 radical (unpaired) electrons. The van der Waals surface area contributed by atoms with Gasteiger partial charge in [0.05, 0.1) is 10.7 Å². The van der Waals surface area contributed by atoms with Crippen LogP contribution in [0.25, 0.3) is 0 Å². The van der Waals surface area contributed by atoms with Crippen LogP contribution in [0.4, 0.5) is 5.69 Å². The number of ether oxygens (including phenoxy) is 1. The summed E-state index contributed by atoms with van der Waals surface area (Å²) in [4.78, 5) is 12.2. The summed E-state index contributed by atoms with van der Waals surface area (Å²) in [6.45, 7) is 5.64. The van der Waals surface area contributed by atoms with Crippen molar-refractivity contribution in [2.45, 2.75) is 26.9 Å². The molecule has 0 spiro atoms. The van der Waals surface area contributed by atoms with Gasteiger partial charge < -0.3 is 10.1 Å². The highest BCUT2D eigenvalue weighted by Crippen LogP contribution is 2.26. The van der Waals surface area contributed by atoms with Gasteiger partial charge in [0.2, 0.25) is 0 Å². The van der Waals surface area contributed by atoms with E-state index in [0.29, 0.717) is 21.5 Å². The maximum absolute atomic E-state index is 12.2. The highest BCUT2D eigenvalue weighted by Gasteiger charge is 2.17. The Hall–Kier alpha value is -1.71. The van der Waals surface area contributed by atoms with Gasteiger partial charge >= 0.3 is 0 Å². The number of rotatable bonds is 4. The van der Waals surface area contributed by atoms with Gasteiger partial charge in [-0.25, -0.2) is 0 Å². The second-order valence-electron chi connectivity index (χ2n) is 5.14. The van der Waals surface area contributed by atoms with Crippen molar-refractivity contribution in [3.63, 3.8) is 0 Å². The largest absolute Gasteiger partial charge is 0.481 e. The molecule has 0 bridgehead atoms. The van der Waals surface area contributed by atoms with Gasteiger partial charge in [-0.1, -0.05) is 40.9 Å². The van der Waals surface area contributed by atoms with E-state index in [4.69, 9.17) is 27.9 Å². The number of anilines is 1. The summed E-state index contributed by atoms with van der Waals surface area (Å²) in [6.07, 6.45) is -0.656. The Morgan fingerprint density at radius 1 is 1.14 bits per heavy atom. The SMILES string of the molecule is Cc1ccc(O[C@H](C)C(=O)Nc2cc(Cl)ccc2Cl)c(C)c1. The lowest BCUT2D eigenvalue weighted by molar-refractivity contribution is -0.122. The fraction of sp³-hybridized carbons (Fsp3) is 0.235. The maximum Gasteiger partial charge on any atom is 0.265 e. The molecule has 0 fully saturated rings. The number of carbonyl (C=O) groups is 1. The van der Waals surface area contributed by atoms with Crippen LogP contribution >= 0.6 is 23.2 Å². The van der Waals surface area contributed by atoms with Crippen LogP contribution in [-0.2, 0) is 4.79 Å².